The van der Waals surface area contributed by atoms with Gasteiger partial charge in [-0.25, -0.2) is 13.2 Å². The molecule has 27 heavy (non-hydrogen) atoms. The number of primary amides is 1. The minimum absolute atomic E-state index is 0.0868. The summed E-state index contributed by atoms with van der Waals surface area (Å²) >= 11 is 0. The summed E-state index contributed by atoms with van der Waals surface area (Å²) in [5.41, 5.74) is 13.6. The quantitative estimate of drug-likeness (QED) is 0.553. The van der Waals surface area contributed by atoms with Crippen LogP contribution in [-0.2, 0) is 0 Å². The molecular weight excluding hydrogens is 355 g/mol. The molecule has 3 rings (SSSR count). The predicted molar refractivity (Wildman–Crippen MR) is 97.8 cm³/mol. The summed E-state index contributed by atoms with van der Waals surface area (Å²) in [7, 11) is 0. The zero-order valence-corrected chi connectivity index (χ0v) is 14.5. The molecule has 0 heterocycles. The molecule has 0 fully saturated rings. The van der Waals surface area contributed by atoms with Gasteiger partial charge in [0, 0.05) is 30.3 Å². The Morgan fingerprint density at radius 3 is 2.52 bits per heavy atom. The highest BCUT2D eigenvalue weighted by molar-refractivity contribution is 5.98. The number of halogens is 3. The van der Waals surface area contributed by atoms with Gasteiger partial charge in [-0.2, -0.15) is 0 Å². The number of nitrogens with one attached hydrogen (secondary N) is 1. The zero-order chi connectivity index (χ0) is 19.6. The molecular formula is C20H20F3N3O. The molecule has 0 unspecified atom stereocenters. The van der Waals surface area contributed by atoms with Gasteiger partial charge >= 0.3 is 0 Å². The van der Waals surface area contributed by atoms with E-state index >= 15 is 0 Å². The first-order valence-electron chi connectivity index (χ1n) is 8.57. The van der Waals surface area contributed by atoms with Crippen LogP contribution in [0.15, 0.2) is 48.0 Å². The number of carbonyl (C=O) groups is 1. The van der Waals surface area contributed by atoms with Crippen molar-refractivity contribution in [3.8, 4) is 0 Å². The molecule has 0 spiro atoms. The number of para-hydroxylation sites is 1. The molecule has 0 aromatic heterocycles. The second-order valence-electron chi connectivity index (χ2n) is 6.62. The predicted octanol–water partition coefficient (Wildman–Crippen LogP) is 3.45. The van der Waals surface area contributed by atoms with Crippen LogP contribution in [0, 0.1) is 17.5 Å². The topological polar surface area (TPSA) is 81.1 Å². The molecule has 2 aromatic rings. The Morgan fingerprint density at radius 1 is 1.11 bits per heavy atom. The number of hydrogen-bond acceptors (Lipinski definition) is 3. The van der Waals surface area contributed by atoms with Gasteiger partial charge in [0.1, 0.15) is 5.82 Å². The molecule has 0 saturated heterocycles. The Balaban J connectivity index is 1.72. The molecule has 1 aliphatic rings. The minimum atomic E-state index is -1.21. The molecule has 0 radical (unpaired) electrons. The van der Waals surface area contributed by atoms with Crippen LogP contribution in [-0.4, -0.2) is 18.5 Å². The maximum absolute atomic E-state index is 14.0. The van der Waals surface area contributed by atoms with E-state index < -0.39 is 35.3 Å². The number of allylic oxidation sites excluding steroid dienone is 1. The first-order valence-corrected chi connectivity index (χ1v) is 8.57. The number of amides is 1. The van der Waals surface area contributed by atoms with Crippen molar-refractivity contribution in [2.45, 2.75) is 24.8 Å². The Bertz CT molecular complexity index is 898. The van der Waals surface area contributed by atoms with Crippen LogP contribution in [0.25, 0.3) is 0 Å². The number of benzene rings is 2. The third kappa shape index (κ3) is 4.14. The van der Waals surface area contributed by atoms with Crippen LogP contribution in [0.4, 0.5) is 18.9 Å². The van der Waals surface area contributed by atoms with E-state index in [4.69, 9.17) is 11.5 Å². The maximum Gasteiger partial charge on any atom is 0.250 e. The van der Waals surface area contributed by atoms with Crippen molar-refractivity contribution >= 4 is 11.6 Å². The standard InChI is InChI=1S/C20H20F3N3O/c21-15-9-17(23)16(22)8-14(15)12-6-5-11(7-18(12)24)10-26-19-4-2-1-3-13(19)20(25)27/h1-5,8-9,12,18,26H,6-7,10,24H2,(H2,25,27)/t12-,18+/m1/s1. The number of carbonyl (C=O) groups excluding carboxylic acids is 1. The van der Waals surface area contributed by atoms with E-state index in [1.54, 1.807) is 24.3 Å². The lowest BCUT2D eigenvalue weighted by molar-refractivity contribution is 0.100. The van der Waals surface area contributed by atoms with E-state index in [0.717, 1.165) is 11.6 Å². The van der Waals surface area contributed by atoms with E-state index in [1.807, 2.05) is 6.08 Å². The molecule has 0 saturated carbocycles. The largest absolute Gasteiger partial charge is 0.381 e. The Kier molecular flexibility index (Phi) is 5.51. The van der Waals surface area contributed by atoms with Crippen molar-refractivity contribution in [1.82, 2.24) is 0 Å². The molecule has 7 heteroatoms. The fourth-order valence-corrected chi connectivity index (χ4v) is 3.38. The molecule has 142 valence electrons. The highest BCUT2D eigenvalue weighted by Crippen LogP contribution is 2.34. The number of hydrogen-bond donors (Lipinski definition) is 3. The first kappa shape index (κ1) is 19.0. The Hall–Kier alpha value is -2.80. The number of anilines is 1. The van der Waals surface area contributed by atoms with Crippen molar-refractivity contribution in [1.29, 1.82) is 0 Å². The monoisotopic (exact) mass is 375 g/mol. The second-order valence-corrected chi connectivity index (χ2v) is 6.62. The Labute approximate surface area is 155 Å². The van der Waals surface area contributed by atoms with Crippen LogP contribution in [0.1, 0.15) is 34.7 Å². The zero-order valence-electron chi connectivity index (χ0n) is 14.5. The molecule has 1 aliphatic carbocycles. The normalized spacial score (nSPS) is 19.5. The lowest BCUT2D eigenvalue weighted by Gasteiger charge is -2.29. The van der Waals surface area contributed by atoms with Crippen LogP contribution in [0.2, 0.25) is 0 Å². The number of rotatable bonds is 5. The smallest absolute Gasteiger partial charge is 0.250 e. The fraction of sp³-hybridized carbons (Fsp3) is 0.250. The van der Waals surface area contributed by atoms with Gasteiger partial charge in [0.15, 0.2) is 11.6 Å². The number of nitrogens with two attached hydrogens (primary N) is 2. The third-order valence-electron chi connectivity index (χ3n) is 4.81. The van der Waals surface area contributed by atoms with Crippen molar-refractivity contribution in [2.24, 2.45) is 11.5 Å². The van der Waals surface area contributed by atoms with Gasteiger partial charge in [-0.1, -0.05) is 23.8 Å². The van der Waals surface area contributed by atoms with Gasteiger partial charge in [0.05, 0.1) is 5.56 Å². The van der Waals surface area contributed by atoms with Crippen molar-refractivity contribution in [3.05, 3.63) is 76.6 Å². The van der Waals surface area contributed by atoms with Crippen molar-refractivity contribution in [2.75, 3.05) is 11.9 Å². The SMILES string of the molecule is NC(=O)c1ccccc1NCC1=CC[C@H](c2cc(F)c(F)cc2F)[C@@H](N)C1. The molecule has 0 bridgehead atoms. The summed E-state index contributed by atoms with van der Waals surface area (Å²) in [6.07, 6.45) is 2.79. The molecule has 4 nitrogen and oxygen atoms in total. The third-order valence-corrected chi connectivity index (χ3v) is 4.81. The maximum atomic E-state index is 14.0. The highest BCUT2D eigenvalue weighted by atomic mass is 19.2. The van der Waals surface area contributed by atoms with E-state index in [9.17, 15) is 18.0 Å². The summed E-state index contributed by atoms with van der Waals surface area (Å²) in [4.78, 5) is 11.5. The summed E-state index contributed by atoms with van der Waals surface area (Å²) in [5.74, 6) is -4.05. The summed E-state index contributed by atoms with van der Waals surface area (Å²) in [5, 5.41) is 3.16. The van der Waals surface area contributed by atoms with E-state index in [0.29, 0.717) is 36.7 Å². The van der Waals surface area contributed by atoms with E-state index in [1.165, 1.54) is 0 Å². The summed E-state index contributed by atoms with van der Waals surface area (Å²) < 4.78 is 40.7. The second kappa shape index (κ2) is 7.84. The minimum Gasteiger partial charge on any atom is -0.381 e. The van der Waals surface area contributed by atoms with Gasteiger partial charge in [-0.3, -0.25) is 4.79 Å². The molecule has 1 amide bonds. The Morgan fingerprint density at radius 2 is 1.81 bits per heavy atom. The van der Waals surface area contributed by atoms with Crippen LogP contribution < -0.4 is 16.8 Å². The van der Waals surface area contributed by atoms with Crippen LogP contribution in [0.5, 0.6) is 0 Å². The summed E-state index contributed by atoms with van der Waals surface area (Å²) in [6.45, 7) is 0.449. The highest BCUT2D eigenvalue weighted by Gasteiger charge is 2.27. The molecule has 2 aromatic carbocycles. The van der Waals surface area contributed by atoms with Crippen molar-refractivity contribution in [3.63, 3.8) is 0 Å². The van der Waals surface area contributed by atoms with Gasteiger partial charge in [0.2, 0.25) is 0 Å². The molecule has 5 N–H and O–H groups in total. The van der Waals surface area contributed by atoms with E-state index in [2.05, 4.69) is 5.32 Å². The van der Waals surface area contributed by atoms with Crippen molar-refractivity contribution < 1.29 is 18.0 Å². The average molecular weight is 375 g/mol. The molecule has 0 aliphatic heterocycles. The van der Waals surface area contributed by atoms with Gasteiger partial charge < -0.3 is 16.8 Å². The van der Waals surface area contributed by atoms with Crippen LogP contribution in [0.3, 0.4) is 0 Å². The van der Waals surface area contributed by atoms with Gasteiger partial charge in [0.25, 0.3) is 5.91 Å². The first-order chi connectivity index (χ1) is 12.9. The van der Waals surface area contributed by atoms with Gasteiger partial charge in [-0.15, -0.1) is 0 Å². The molecule has 2 atom stereocenters. The average Bonchev–Trinajstić information content (AvgIpc) is 2.63. The lowest BCUT2D eigenvalue weighted by Crippen LogP contribution is -2.33. The lowest BCUT2D eigenvalue weighted by atomic mass is 9.80. The van der Waals surface area contributed by atoms with Gasteiger partial charge in [-0.05, 0) is 36.6 Å². The van der Waals surface area contributed by atoms with E-state index in [-0.39, 0.29) is 5.56 Å². The summed E-state index contributed by atoms with van der Waals surface area (Å²) in [6, 6.07) is 7.90. The van der Waals surface area contributed by atoms with Crippen LogP contribution >= 0.6 is 0 Å². The fourth-order valence-electron chi connectivity index (χ4n) is 3.38.